The van der Waals surface area contributed by atoms with Gasteiger partial charge in [0, 0.05) is 17.3 Å². The Kier molecular flexibility index (Phi) is 6.63. The van der Waals surface area contributed by atoms with E-state index in [1.54, 1.807) is 31.4 Å². The number of carbonyl (C=O) groups is 1. The minimum Gasteiger partial charge on any atom is -0.493 e. The summed E-state index contributed by atoms with van der Waals surface area (Å²) < 4.78 is 16.1. The number of carbonyl (C=O) groups excluding carboxylic acids is 1. The Morgan fingerprint density at radius 2 is 1.76 bits per heavy atom. The van der Waals surface area contributed by atoms with Crippen LogP contribution >= 0.6 is 0 Å². The predicted molar refractivity (Wildman–Crippen MR) is 110 cm³/mol. The van der Waals surface area contributed by atoms with Gasteiger partial charge < -0.3 is 19.5 Å². The fourth-order valence-corrected chi connectivity index (χ4v) is 2.66. The van der Waals surface area contributed by atoms with Crippen molar-refractivity contribution >= 4 is 11.6 Å². The first kappa shape index (κ1) is 20.1. The third kappa shape index (κ3) is 5.44. The minimum atomic E-state index is -0.263. The van der Waals surface area contributed by atoms with Crippen LogP contribution < -0.4 is 19.5 Å². The number of methoxy groups -OCH3 is 1. The summed E-state index contributed by atoms with van der Waals surface area (Å²) in [5.74, 6) is 1.35. The SMILES string of the molecule is CCOc1ccc(-c2ccc(NC(=O)COc3ccc(C)cc3OC)cc2)nn1. The average molecular weight is 393 g/mol. The molecule has 1 heterocycles. The van der Waals surface area contributed by atoms with E-state index >= 15 is 0 Å². The zero-order valence-corrected chi connectivity index (χ0v) is 16.6. The molecule has 3 aromatic rings. The van der Waals surface area contributed by atoms with Crippen LogP contribution in [0.2, 0.25) is 0 Å². The molecule has 0 aliphatic rings. The lowest BCUT2D eigenvalue weighted by molar-refractivity contribution is -0.118. The number of rotatable bonds is 8. The molecule has 7 heteroatoms. The molecule has 0 fully saturated rings. The number of hydrogen-bond acceptors (Lipinski definition) is 6. The number of anilines is 1. The van der Waals surface area contributed by atoms with Gasteiger partial charge in [0.15, 0.2) is 18.1 Å². The highest BCUT2D eigenvalue weighted by molar-refractivity contribution is 5.92. The smallest absolute Gasteiger partial charge is 0.262 e. The second-order valence-corrected chi connectivity index (χ2v) is 6.26. The first-order valence-electron chi connectivity index (χ1n) is 9.23. The van der Waals surface area contributed by atoms with Crippen LogP contribution in [0.25, 0.3) is 11.3 Å². The van der Waals surface area contributed by atoms with E-state index in [0.717, 1.165) is 16.8 Å². The van der Waals surface area contributed by atoms with Gasteiger partial charge >= 0.3 is 0 Å². The predicted octanol–water partition coefficient (Wildman–Crippen LogP) is 3.88. The van der Waals surface area contributed by atoms with E-state index in [9.17, 15) is 4.79 Å². The Hall–Kier alpha value is -3.61. The van der Waals surface area contributed by atoms with Gasteiger partial charge in [-0.15, -0.1) is 10.2 Å². The molecule has 0 aliphatic heterocycles. The monoisotopic (exact) mass is 393 g/mol. The largest absolute Gasteiger partial charge is 0.493 e. The van der Waals surface area contributed by atoms with Gasteiger partial charge in [0.1, 0.15) is 0 Å². The highest BCUT2D eigenvalue weighted by Crippen LogP contribution is 2.27. The zero-order valence-electron chi connectivity index (χ0n) is 16.6. The maximum absolute atomic E-state index is 12.2. The molecule has 0 bridgehead atoms. The number of aromatic nitrogens is 2. The molecule has 0 saturated heterocycles. The number of hydrogen-bond donors (Lipinski definition) is 1. The molecule has 0 atom stereocenters. The van der Waals surface area contributed by atoms with Gasteiger partial charge in [0.2, 0.25) is 5.88 Å². The van der Waals surface area contributed by atoms with Crippen molar-refractivity contribution in [3.05, 3.63) is 60.2 Å². The lowest BCUT2D eigenvalue weighted by Gasteiger charge is -2.11. The van der Waals surface area contributed by atoms with E-state index in [0.29, 0.717) is 29.7 Å². The summed E-state index contributed by atoms with van der Waals surface area (Å²) in [6, 6.07) is 16.5. The molecule has 1 amide bonds. The van der Waals surface area contributed by atoms with E-state index in [1.807, 2.05) is 44.2 Å². The lowest BCUT2D eigenvalue weighted by atomic mass is 10.1. The Morgan fingerprint density at radius 3 is 2.41 bits per heavy atom. The average Bonchev–Trinajstić information content (AvgIpc) is 2.74. The van der Waals surface area contributed by atoms with Crippen LogP contribution in [0.1, 0.15) is 12.5 Å². The molecule has 3 rings (SSSR count). The second kappa shape index (κ2) is 9.54. The number of benzene rings is 2. The van der Waals surface area contributed by atoms with Gasteiger partial charge in [-0.05, 0) is 49.7 Å². The van der Waals surface area contributed by atoms with Gasteiger partial charge in [0.25, 0.3) is 5.91 Å². The number of amides is 1. The summed E-state index contributed by atoms with van der Waals surface area (Å²) in [5.41, 5.74) is 3.33. The molecular formula is C22H23N3O4. The number of nitrogens with one attached hydrogen (secondary N) is 1. The van der Waals surface area contributed by atoms with E-state index < -0.39 is 0 Å². The van der Waals surface area contributed by atoms with Crippen molar-refractivity contribution in [3.63, 3.8) is 0 Å². The van der Waals surface area contributed by atoms with Crippen LogP contribution in [0.4, 0.5) is 5.69 Å². The van der Waals surface area contributed by atoms with Crippen molar-refractivity contribution < 1.29 is 19.0 Å². The van der Waals surface area contributed by atoms with E-state index in [2.05, 4.69) is 15.5 Å². The van der Waals surface area contributed by atoms with Crippen molar-refractivity contribution in [3.8, 4) is 28.6 Å². The third-order valence-corrected chi connectivity index (χ3v) is 4.07. The van der Waals surface area contributed by atoms with Crippen molar-refractivity contribution in [1.29, 1.82) is 0 Å². The zero-order chi connectivity index (χ0) is 20.6. The standard InChI is InChI=1S/C22H23N3O4/c1-4-28-22-12-10-18(24-25-22)16-6-8-17(9-7-16)23-21(26)14-29-19-11-5-15(2)13-20(19)27-3/h5-13H,4,14H2,1-3H3,(H,23,26). The second-order valence-electron chi connectivity index (χ2n) is 6.26. The van der Waals surface area contributed by atoms with Gasteiger partial charge in [-0.2, -0.15) is 0 Å². The van der Waals surface area contributed by atoms with E-state index in [4.69, 9.17) is 14.2 Å². The Labute approximate surface area is 169 Å². The van der Waals surface area contributed by atoms with Crippen molar-refractivity contribution in [1.82, 2.24) is 10.2 Å². The summed E-state index contributed by atoms with van der Waals surface area (Å²) in [6.07, 6.45) is 0. The Bertz CT molecular complexity index is 957. The molecule has 0 spiro atoms. The molecule has 150 valence electrons. The maximum atomic E-state index is 12.2. The van der Waals surface area contributed by atoms with E-state index in [1.165, 1.54) is 0 Å². The van der Waals surface area contributed by atoms with Crippen LogP contribution in [0, 0.1) is 6.92 Å². The molecule has 0 aliphatic carbocycles. The topological polar surface area (TPSA) is 82.6 Å². The third-order valence-electron chi connectivity index (χ3n) is 4.07. The quantitative estimate of drug-likeness (QED) is 0.625. The number of nitrogens with zero attached hydrogens (tertiary/aromatic N) is 2. The highest BCUT2D eigenvalue weighted by atomic mass is 16.5. The molecule has 0 unspecified atom stereocenters. The van der Waals surface area contributed by atoms with Crippen LogP contribution in [0.5, 0.6) is 17.4 Å². The van der Waals surface area contributed by atoms with E-state index in [-0.39, 0.29) is 12.5 Å². The Balaban J connectivity index is 1.57. The first-order chi connectivity index (χ1) is 14.1. The Morgan fingerprint density at radius 1 is 0.966 bits per heavy atom. The number of ether oxygens (including phenoxy) is 3. The molecule has 29 heavy (non-hydrogen) atoms. The van der Waals surface area contributed by atoms with Gasteiger partial charge in [-0.1, -0.05) is 18.2 Å². The van der Waals surface area contributed by atoms with Crippen LogP contribution in [0.3, 0.4) is 0 Å². The van der Waals surface area contributed by atoms with Gasteiger partial charge in [0.05, 0.1) is 19.4 Å². The lowest BCUT2D eigenvalue weighted by Crippen LogP contribution is -2.20. The van der Waals surface area contributed by atoms with Gasteiger partial charge in [-0.3, -0.25) is 4.79 Å². The molecule has 0 saturated carbocycles. The number of aryl methyl sites for hydroxylation is 1. The molecule has 1 N–H and O–H groups in total. The van der Waals surface area contributed by atoms with Crippen LogP contribution in [-0.2, 0) is 4.79 Å². The summed E-state index contributed by atoms with van der Waals surface area (Å²) in [4.78, 5) is 12.2. The first-order valence-corrected chi connectivity index (χ1v) is 9.23. The summed E-state index contributed by atoms with van der Waals surface area (Å²) in [7, 11) is 1.57. The molecule has 1 aromatic heterocycles. The summed E-state index contributed by atoms with van der Waals surface area (Å²) in [5, 5.41) is 11.0. The van der Waals surface area contributed by atoms with Crippen molar-refractivity contribution in [2.24, 2.45) is 0 Å². The van der Waals surface area contributed by atoms with Gasteiger partial charge in [-0.25, -0.2) is 0 Å². The fraction of sp³-hybridized carbons (Fsp3) is 0.227. The molecular weight excluding hydrogens is 370 g/mol. The highest BCUT2D eigenvalue weighted by Gasteiger charge is 2.09. The summed E-state index contributed by atoms with van der Waals surface area (Å²) in [6.45, 7) is 4.28. The molecule has 0 radical (unpaired) electrons. The molecule has 2 aromatic carbocycles. The summed E-state index contributed by atoms with van der Waals surface area (Å²) >= 11 is 0. The normalized spacial score (nSPS) is 10.3. The maximum Gasteiger partial charge on any atom is 0.262 e. The van der Waals surface area contributed by atoms with Crippen molar-refractivity contribution in [2.45, 2.75) is 13.8 Å². The van der Waals surface area contributed by atoms with Crippen LogP contribution in [-0.4, -0.2) is 36.4 Å². The fourth-order valence-electron chi connectivity index (χ4n) is 2.66. The van der Waals surface area contributed by atoms with Crippen LogP contribution in [0.15, 0.2) is 54.6 Å². The minimum absolute atomic E-state index is 0.120. The van der Waals surface area contributed by atoms with Crippen molar-refractivity contribution in [2.75, 3.05) is 25.6 Å². The molecule has 7 nitrogen and oxygen atoms in total.